The second kappa shape index (κ2) is 5.50. The number of halogens is 2. The van der Waals surface area contributed by atoms with Crippen molar-refractivity contribution in [2.24, 2.45) is 11.8 Å². The molecule has 112 valence electrons. The maximum atomic E-state index is 12.5. The molecule has 1 heterocycles. The Morgan fingerprint density at radius 3 is 2.57 bits per heavy atom. The molecular formula is C15H15Cl2NO3. The Bertz CT molecular complexity index is 605. The van der Waals surface area contributed by atoms with Crippen molar-refractivity contribution in [3.63, 3.8) is 0 Å². The Hall–Kier alpha value is -1.26. The maximum Gasteiger partial charge on any atom is 0.307 e. The van der Waals surface area contributed by atoms with Crippen LogP contribution in [0, 0.1) is 11.8 Å². The van der Waals surface area contributed by atoms with Gasteiger partial charge in [0.2, 0.25) is 5.91 Å². The zero-order chi connectivity index (χ0) is 15.1. The molecule has 1 aromatic rings. The number of carboxylic acids is 1. The van der Waals surface area contributed by atoms with E-state index >= 15 is 0 Å². The molecule has 1 saturated heterocycles. The minimum absolute atomic E-state index is 0.0256. The first-order valence-corrected chi connectivity index (χ1v) is 7.73. The van der Waals surface area contributed by atoms with Crippen molar-refractivity contribution in [1.29, 1.82) is 0 Å². The Balaban J connectivity index is 1.78. The fourth-order valence-corrected chi connectivity index (χ4v) is 3.36. The number of aliphatic carboxylic acids is 1. The summed E-state index contributed by atoms with van der Waals surface area (Å²) in [5, 5.41) is 9.93. The van der Waals surface area contributed by atoms with E-state index in [1.165, 1.54) is 0 Å². The van der Waals surface area contributed by atoms with Gasteiger partial charge in [-0.05, 0) is 37.0 Å². The molecule has 0 radical (unpaired) electrons. The van der Waals surface area contributed by atoms with Gasteiger partial charge in [0.15, 0.2) is 0 Å². The molecule has 6 heteroatoms. The third kappa shape index (κ3) is 2.74. The van der Waals surface area contributed by atoms with Crippen molar-refractivity contribution in [2.75, 3.05) is 6.54 Å². The van der Waals surface area contributed by atoms with Crippen molar-refractivity contribution >= 4 is 35.1 Å². The second-order valence-corrected chi connectivity index (χ2v) is 6.46. The molecule has 1 aliphatic heterocycles. The number of hydrogen-bond acceptors (Lipinski definition) is 2. The third-order valence-corrected chi connectivity index (χ3v) is 5.03. The number of hydrogen-bond donors (Lipinski definition) is 1. The Kier molecular flexibility index (Phi) is 3.84. The number of carbonyl (C=O) groups excluding carboxylic acids is 1. The average molecular weight is 328 g/mol. The number of likely N-dealkylation sites (tertiary alicyclic amines) is 1. The molecule has 2 aliphatic rings. The van der Waals surface area contributed by atoms with Gasteiger partial charge in [-0.3, -0.25) is 9.59 Å². The SMILES string of the molecule is O=C(O)C1CC1C(=O)N1CCCC1c1ccc(Cl)c(Cl)c1. The van der Waals surface area contributed by atoms with Gasteiger partial charge < -0.3 is 10.0 Å². The first kappa shape index (κ1) is 14.7. The van der Waals surface area contributed by atoms with Crippen molar-refractivity contribution < 1.29 is 14.7 Å². The molecule has 0 aromatic heterocycles. The van der Waals surface area contributed by atoms with E-state index < -0.39 is 11.9 Å². The van der Waals surface area contributed by atoms with E-state index in [1.807, 2.05) is 6.07 Å². The van der Waals surface area contributed by atoms with Crippen LogP contribution >= 0.6 is 23.2 Å². The molecule has 1 aromatic carbocycles. The quantitative estimate of drug-likeness (QED) is 0.925. The van der Waals surface area contributed by atoms with Crippen LogP contribution in [0.5, 0.6) is 0 Å². The first-order chi connectivity index (χ1) is 9.99. The number of carbonyl (C=O) groups is 2. The molecule has 2 fully saturated rings. The van der Waals surface area contributed by atoms with E-state index in [4.69, 9.17) is 28.3 Å². The van der Waals surface area contributed by atoms with Crippen LogP contribution in [0.25, 0.3) is 0 Å². The zero-order valence-corrected chi connectivity index (χ0v) is 12.8. The lowest BCUT2D eigenvalue weighted by atomic mass is 10.0. The van der Waals surface area contributed by atoms with Crippen LogP contribution in [0.2, 0.25) is 10.0 Å². The lowest BCUT2D eigenvalue weighted by Crippen LogP contribution is -2.32. The average Bonchev–Trinajstić information content (AvgIpc) is 3.11. The maximum absolute atomic E-state index is 12.5. The van der Waals surface area contributed by atoms with Crippen LogP contribution in [0.15, 0.2) is 18.2 Å². The monoisotopic (exact) mass is 327 g/mol. The fourth-order valence-electron chi connectivity index (χ4n) is 3.05. The summed E-state index contributed by atoms with van der Waals surface area (Å²) in [5.41, 5.74) is 0.961. The van der Waals surface area contributed by atoms with E-state index in [1.54, 1.807) is 17.0 Å². The highest BCUT2D eigenvalue weighted by molar-refractivity contribution is 6.42. The highest BCUT2D eigenvalue weighted by atomic mass is 35.5. The van der Waals surface area contributed by atoms with Gasteiger partial charge in [0.1, 0.15) is 0 Å². The number of amides is 1. The molecule has 1 aliphatic carbocycles. The minimum Gasteiger partial charge on any atom is -0.481 e. The van der Waals surface area contributed by atoms with Crippen LogP contribution in [0.3, 0.4) is 0 Å². The molecule has 3 unspecified atom stereocenters. The molecule has 0 spiro atoms. The van der Waals surface area contributed by atoms with E-state index in [9.17, 15) is 9.59 Å². The van der Waals surface area contributed by atoms with E-state index in [2.05, 4.69) is 0 Å². The van der Waals surface area contributed by atoms with Crippen LogP contribution in [-0.2, 0) is 9.59 Å². The lowest BCUT2D eigenvalue weighted by Gasteiger charge is -2.25. The van der Waals surface area contributed by atoms with Gasteiger partial charge in [-0.25, -0.2) is 0 Å². The lowest BCUT2D eigenvalue weighted by molar-refractivity contribution is -0.142. The standard InChI is InChI=1S/C15H15Cl2NO3/c16-11-4-3-8(6-12(11)17)13-2-1-5-18(13)14(19)9-7-10(9)15(20)21/h3-4,6,9-10,13H,1-2,5,7H2,(H,20,21). The predicted octanol–water partition coefficient (Wildman–Crippen LogP) is 3.38. The zero-order valence-electron chi connectivity index (χ0n) is 11.3. The highest BCUT2D eigenvalue weighted by Crippen LogP contribution is 2.44. The van der Waals surface area contributed by atoms with Gasteiger partial charge in [-0.15, -0.1) is 0 Å². The van der Waals surface area contributed by atoms with Crippen molar-refractivity contribution in [3.8, 4) is 0 Å². The van der Waals surface area contributed by atoms with Crippen LogP contribution in [-0.4, -0.2) is 28.4 Å². The summed E-state index contributed by atoms with van der Waals surface area (Å²) in [5.74, 6) is -1.78. The van der Waals surface area contributed by atoms with E-state index in [-0.39, 0.29) is 17.9 Å². The Labute approximate surface area is 132 Å². The number of benzene rings is 1. The van der Waals surface area contributed by atoms with Crippen molar-refractivity contribution in [2.45, 2.75) is 25.3 Å². The normalized spacial score (nSPS) is 27.7. The Morgan fingerprint density at radius 2 is 1.95 bits per heavy atom. The van der Waals surface area contributed by atoms with Gasteiger partial charge in [0.25, 0.3) is 0 Å². The highest BCUT2D eigenvalue weighted by Gasteiger charge is 2.51. The Morgan fingerprint density at radius 1 is 1.19 bits per heavy atom. The van der Waals surface area contributed by atoms with E-state index in [0.717, 1.165) is 18.4 Å². The smallest absolute Gasteiger partial charge is 0.307 e. The molecule has 1 amide bonds. The summed E-state index contributed by atoms with van der Waals surface area (Å²) in [6.45, 7) is 0.673. The topological polar surface area (TPSA) is 57.6 Å². The van der Waals surface area contributed by atoms with Crippen LogP contribution < -0.4 is 0 Å². The summed E-state index contributed by atoms with van der Waals surface area (Å²) in [4.78, 5) is 25.2. The summed E-state index contributed by atoms with van der Waals surface area (Å²) in [6, 6.07) is 5.38. The van der Waals surface area contributed by atoms with E-state index in [0.29, 0.717) is 23.0 Å². The van der Waals surface area contributed by atoms with Gasteiger partial charge in [0, 0.05) is 6.54 Å². The van der Waals surface area contributed by atoms with Gasteiger partial charge in [-0.2, -0.15) is 0 Å². The molecular weight excluding hydrogens is 313 g/mol. The first-order valence-electron chi connectivity index (χ1n) is 6.97. The van der Waals surface area contributed by atoms with Crippen LogP contribution in [0.4, 0.5) is 0 Å². The molecule has 3 rings (SSSR count). The fraction of sp³-hybridized carbons (Fsp3) is 0.467. The second-order valence-electron chi connectivity index (χ2n) is 5.65. The van der Waals surface area contributed by atoms with Crippen molar-refractivity contribution in [3.05, 3.63) is 33.8 Å². The third-order valence-electron chi connectivity index (χ3n) is 4.29. The molecule has 4 nitrogen and oxygen atoms in total. The minimum atomic E-state index is -0.876. The van der Waals surface area contributed by atoms with Gasteiger partial charge >= 0.3 is 5.97 Å². The van der Waals surface area contributed by atoms with Gasteiger partial charge in [0.05, 0.1) is 27.9 Å². The number of nitrogens with zero attached hydrogens (tertiary/aromatic N) is 1. The number of rotatable bonds is 3. The predicted molar refractivity (Wildman–Crippen MR) is 79.4 cm³/mol. The largest absolute Gasteiger partial charge is 0.481 e. The summed E-state index contributed by atoms with van der Waals surface area (Å²) >= 11 is 12.0. The summed E-state index contributed by atoms with van der Waals surface area (Å²) in [6.07, 6.45) is 2.24. The van der Waals surface area contributed by atoms with Crippen LogP contribution in [0.1, 0.15) is 30.9 Å². The number of carboxylic acid groups (broad SMARTS) is 1. The summed E-state index contributed by atoms with van der Waals surface area (Å²) < 4.78 is 0. The van der Waals surface area contributed by atoms with Crippen molar-refractivity contribution in [1.82, 2.24) is 4.90 Å². The molecule has 21 heavy (non-hydrogen) atoms. The molecule has 3 atom stereocenters. The molecule has 1 N–H and O–H groups in total. The van der Waals surface area contributed by atoms with Gasteiger partial charge in [-0.1, -0.05) is 29.3 Å². The summed E-state index contributed by atoms with van der Waals surface area (Å²) in [7, 11) is 0. The molecule has 1 saturated carbocycles. The molecule has 0 bridgehead atoms.